The SMILES string of the molecule is CCOC(=O)[C@H]1CCNC1=O. The minimum Gasteiger partial charge on any atom is -0.465 e. The van der Waals surface area contributed by atoms with Crippen molar-refractivity contribution in [1.29, 1.82) is 0 Å². The Hall–Kier alpha value is -1.06. The maximum atomic E-state index is 11.0. The van der Waals surface area contributed by atoms with Gasteiger partial charge in [-0.15, -0.1) is 0 Å². The van der Waals surface area contributed by atoms with Gasteiger partial charge in [0.15, 0.2) is 0 Å². The zero-order chi connectivity index (χ0) is 8.27. The average Bonchev–Trinajstić information content (AvgIpc) is 2.36. The van der Waals surface area contributed by atoms with Crippen molar-refractivity contribution in [3.63, 3.8) is 0 Å². The molecule has 62 valence electrons. The van der Waals surface area contributed by atoms with Crippen LogP contribution in [-0.4, -0.2) is 25.0 Å². The number of esters is 1. The number of nitrogens with one attached hydrogen (secondary N) is 1. The summed E-state index contributed by atoms with van der Waals surface area (Å²) in [6, 6.07) is 0. The van der Waals surface area contributed by atoms with Gasteiger partial charge in [-0.3, -0.25) is 9.59 Å². The summed E-state index contributed by atoms with van der Waals surface area (Å²) in [6.45, 7) is 2.65. The molecule has 0 aliphatic carbocycles. The molecule has 1 heterocycles. The summed E-state index contributed by atoms with van der Waals surface area (Å²) in [5.41, 5.74) is 0. The fourth-order valence-corrected chi connectivity index (χ4v) is 1.06. The summed E-state index contributed by atoms with van der Waals surface area (Å²) in [5, 5.41) is 2.57. The van der Waals surface area contributed by atoms with Crippen LogP contribution in [0.2, 0.25) is 0 Å². The van der Waals surface area contributed by atoms with Gasteiger partial charge >= 0.3 is 5.97 Å². The molecule has 11 heavy (non-hydrogen) atoms. The molecule has 4 nitrogen and oxygen atoms in total. The molecule has 1 amide bonds. The van der Waals surface area contributed by atoms with Gasteiger partial charge in [0.1, 0.15) is 5.92 Å². The molecule has 1 saturated heterocycles. The largest absolute Gasteiger partial charge is 0.465 e. The highest BCUT2D eigenvalue weighted by atomic mass is 16.5. The van der Waals surface area contributed by atoms with Gasteiger partial charge in [0.2, 0.25) is 5.91 Å². The maximum absolute atomic E-state index is 11.0. The van der Waals surface area contributed by atoms with E-state index < -0.39 is 11.9 Å². The molecule has 0 unspecified atom stereocenters. The number of amides is 1. The Bertz CT molecular complexity index is 179. The molecule has 0 spiro atoms. The van der Waals surface area contributed by atoms with Gasteiger partial charge in [0.05, 0.1) is 6.61 Å². The lowest BCUT2D eigenvalue weighted by Crippen LogP contribution is -2.26. The summed E-state index contributed by atoms with van der Waals surface area (Å²) < 4.78 is 4.70. The van der Waals surface area contributed by atoms with Crippen LogP contribution < -0.4 is 5.32 Å². The molecule has 4 heteroatoms. The lowest BCUT2D eigenvalue weighted by atomic mass is 10.1. The molecule has 1 N–H and O–H groups in total. The molecule has 0 aromatic heterocycles. The second-order valence-electron chi connectivity index (χ2n) is 2.38. The molecule has 0 bridgehead atoms. The molecular formula is C7H11NO3. The van der Waals surface area contributed by atoms with Crippen molar-refractivity contribution in [2.24, 2.45) is 5.92 Å². The molecule has 1 aliphatic heterocycles. The summed E-state index contributed by atoms with van der Waals surface area (Å²) >= 11 is 0. The van der Waals surface area contributed by atoms with Crippen molar-refractivity contribution in [3.8, 4) is 0 Å². The second-order valence-corrected chi connectivity index (χ2v) is 2.38. The third-order valence-corrected chi connectivity index (χ3v) is 1.62. The van der Waals surface area contributed by atoms with Crippen molar-refractivity contribution in [1.82, 2.24) is 5.32 Å². The zero-order valence-corrected chi connectivity index (χ0v) is 6.42. The third kappa shape index (κ3) is 1.69. The molecule has 1 atom stereocenters. The number of carbonyl (C=O) groups excluding carboxylic acids is 2. The minimum atomic E-state index is -0.560. The van der Waals surface area contributed by atoms with E-state index in [0.29, 0.717) is 19.6 Å². The Morgan fingerprint density at radius 2 is 2.55 bits per heavy atom. The Balaban J connectivity index is 2.46. The Kier molecular flexibility index (Phi) is 2.46. The van der Waals surface area contributed by atoms with Gasteiger partial charge in [0, 0.05) is 6.54 Å². The fourth-order valence-electron chi connectivity index (χ4n) is 1.06. The van der Waals surface area contributed by atoms with Crippen LogP contribution in [-0.2, 0) is 14.3 Å². The van der Waals surface area contributed by atoms with Crippen LogP contribution in [0.4, 0.5) is 0 Å². The van der Waals surface area contributed by atoms with Crippen LogP contribution in [0.1, 0.15) is 13.3 Å². The van der Waals surface area contributed by atoms with Crippen molar-refractivity contribution >= 4 is 11.9 Å². The lowest BCUT2D eigenvalue weighted by molar-refractivity contribution is -0.150. The minimum absolute atomic E-state index is 0.205. The van der Waals surface area contributed by atoms with Crippen LogP contribution >= 0.6 is 0 Å². The van der Waals surface area contributed by atoms with Gasteiger partial charge in [-0.1, -0.05) is 0 Å². The molecule has 0 radical (unpaired) electrons. The first kappa shape index (κ1) is 8.04. The van der Waals surface area contributed by atoms with Crippen LogP contribution in [0.15, 0.2) is 0 Å². The van der Waals surface area contributed by atoms with Crippen molar-refractivity contribution in [2.75, 3.05) is 13.2 Å². The first-order valence-corrected chi connectivity index (χ1v) is 3.70. The third-order valence-electron chi connectivity index (χ3n) is 1.62. The number of ether oxygens (including phenoxy) is 1. The van der Waals surface area contributed by atoms with E-state index in [1.54, 1.807) is 6.92 Å². The standard InChI is InChI=1S/C7H11NO3/c1-2-11-7(10)5-3-4-8-6(5)9/h5H,2-4H2,1H3,(H,8,9)/t5-/m0/s1. The van der Waals surface area contributed by atoms with E-state index in [2.05, 4.69) is 5.32 Å². The van der Waals surface area contributed by atoms with E-state index >= 15 is 0 Å². The smallest absolute Gasteiger partial charge is 0.318 e. The normalized spacial score (nSPS) is 23.0. The van der Waals surface area contributed by atoms with Gasteiger partial charge in [-0.25, -0.2) is 0 Å². The number of rotatable bonds is 2. The zero-order valence-electron chi connectivity index (χ0n) is 6.42. The van der Waals surface area contributed by atoms with E-state index in [-0.39, 0.29) is 5.91 Å². The number of hydrogen-bond donors (Lipinski definition) is 1. The summed E-state index contributed by atoms with van der Waals surface area (Å²) in [7, 11) is 0. The predicted octanol–water partition coefficient (Wildman–Crippen LogP) is -0.314. The number of hydrogen-bond acceptors (Lipinski definition) is 3. The predicted molar refractivity (Wildman–Crippen MR) is 37.7 cm³/mol. The summed E-state index contributed by atoms with van der Waals surface area (Å²) in [6.07, 6.45) is 0.567. The lowest BCUT2D eigenvalue weighted by Gasteiger charge is -2.04. The van der Waals surface area contributed by atoms with E-state index in [4.69, 9.17) is 4.74 Å². The molecular weight excluding hydrogens is 146 g/mol. The molecule has 0 aromatic carbocycles. The van der Waals surface area contributed by atoms with Crippen LogP contribution in [0.25, 0.3) is 0 Å². The van der Waals surface area contributed by atoms with Crippen molar-refractivity contribution < 1.29 is 14.3 Å². The van der Waals surface area contributed by atoms with Crippen LogP contribution in [0, 0.1) is 5.92 Å². The highest BCUT2D eigenvalue weighted by molar-refractivity contribution is 5.99. The molecule has 0 aromatic rings. The average molecular weight is 157 g/mol. The van der Waals surface area contributed by atoms with Crippen LogP contribution in [0.3, 0.4) is 0 Å². The summed E-state index contributed by atoms with van der Waals surface area (Å²) in [4.78, 5) is 21.9. The Morgan fingerprint density at radius 1 is 1.82 bits per heavy atom. The fraction of sp³-hybridized carbons (Fsp3) is 0.714. The highest BCUT2D eigenvalue weighted by Crippen LogP contribution is 2.10. The van der Waals surface area contributed by atoms with E-state index in [9.17, 15) is 9.59 Å². The first-order chi connectivity index (χ1) is 5.25. The number of carbonyl (C=O) groups is 2. The first-order valence-electron chi connectivity index (χ1n) is 3.70. The topological polar surface area (TPSA) is 55.4 Å². The highest BCUT2D eigenvalue weighted by Gasteiger charge is 2.31. The van der Waals surface area contributed by atoms with Crippen LogP contribution in [0.5, 0.6) is 0 Å². The second kappa shape index (κ2) is 3.37. The van der Waals surface area contributed by atoms with Crippen molar-refractivity contribution in [2.45, 2.75) is 13.3 Å². The van der Waals surface area contributed by atoms with Gasteiger partial charge in [0.25, 0.3) is 0 Å². The van der Waals surface area contributed by atoms with Gasteiger partial charge in [-0.2, -0.15) is 0 Å². The molecule has 0 saturated carbocycles. The van der Waals surface area contributed by atoms with Gasteiger partial charge < -0.3 is 10.1 Å². The molecule has 1 rings (SSSR count). The van der Waals surface area contributed by atoms with E-state index in [1.807, 2.05) is 0 Å². The van der Waals surface area contributed by atoms with E-state index in [1.165, 1.54) is 0 Å². The quantitative estimate of drug-likeness (QED) is 0.441. The Labute approximate surface area is 64.9 Å². The Morgan fingerprint density at radius 3 is 3.00 bits per heavy atom. The van der Waals surface area contributed by atoms with Crippen molar-refractivity contribution in [3.05, 3.63) is 0 Å². The summed E-state index contributed by atoms with van der Waals surface area (Å²) in [5.74, 6) is -1.17. The molecule has 1 aliphatic rings. The molecule has 1 fully saturated rings. The van der Waals surface area contributed by atoms with Gasteiger partial charge in [-0.05, 0) is 13.3 Å². The van der Waals surface area contributed by atoms with E-state index in [0.717, 1.165) is 0 Å². The monoisotopic (exact) mass is 157 g/mol. The maximum Gasteiger partial charge on any atom is 0.318 e.